The number of nitrogens with one attached hydrogen (secondary N) is 3. The van der Waals surface area contributed by atoms with E-state index in [-0.39, 0.29) is 16.9 Å². The Bertz CT molecular complexity index is 749. The van der Waals surface area contributed by atoms with Crippen molar-refractivity contribution in [3.05, 3.63) is 68.6 Å². The van der Waals surface area contributed by atoms with Gasteiger partial charge in [0.2, 0.25) is 0 Å². The first-order valence-corrected chi connectivity index (χ1v) is 6.92. The molecule has 0 radical (unpaired) electrons. The van der Waals surface area contributed by atoms with E-state index in [0.717, 1.165) is 24.3 Å². The molecule has 3 rings (SSSR count). The summed E-state index contributed by atoms with van der Waals surface area (Å²) in [5.41, 5.74) is 4.23. The van der Waals surface area contributed by atoms with Crippen LogP contribution in [-0.2, 0) is 19.6 Å². The molecule has 21 heavy (non-hydrogen) atoms. The number of rotatable bonds is 3. The molecule has 0 atom stereocenters. The zero-order chi connectivity index (χ0) is 14.8. The molecular weight excluding hydrogens is 266 g/mol. The fraction of sp³-hybridized carbons (Fsp3) is 0.250. The molecule has 0 spiro atoms. The molecule has 1 aromatic heterocycles. The Kier molecular flexibility index (Phi) is 3.58. The number of hydrogen-bond donors (Lipinski definition) is 3. The Morgan fingerprint density at radius 2 is 2.05 bits per heavy atom. The zero-order valence-corrected chi connectivity index (χ0v) is 11.8. The molecule has 5 nitrogen and oxygen atoms in total. The molecule has 0 aliphatic carbocycles. The molecule has 0 saturated heterocycles. The topological polar surface area (TPSA) is 74.0 Å². The molecule has 1 aliphatic rings. The van der Waals surface area contributed by atoms with Crippen LogP contribution in [0, 0.1) is 6.92 Å². The van der Waals surface area contributed by atoms with Crippen molar-refractivity contribution < 1.29 is 4.79 Å². The predicted octanol–water partition coefficient (Wildman–Crippen LogP) is 1.22. The first kappa shape index (κ1) is 13.6. The van der Waals surface area contributed by atoms with Crippen LogP contribution in [0.3, 0.4) is 0 Å². The van der Waals surface area contributed by atoms with Gasteiger partial charge in [-0.05, 0) is 23.6 Å². The first-order valence-electron chi connectivity index (χ1n) is 6.92. The fourth-order valence-corrected chi connectivity index (χ4v) is 2.49. The van der Waals surface area contributed by atoms with E-state index in [2.05, 4.69) is 27.8 Å². The van der Waals surface area contributed by atoms with Crippen molar-refractivity contribution in [2.24, 2.45) is 0 Å². The Labute approximate surface area is 122 Å². The van der Waals surface area contributed by atoms with Gasteiger partial charge in [-0.15, -0.1) is 0 Å². The Morgan fingerprint density at radius 3 is 2.86 bits per heavy atom. The number of pyridine rings is 1. The van der Waals surface area contributed by atoms with Gasteiger partial charge in [0.25, 0.3) is 5.91 Å². The van der Waals surface area contributed by atoms with E-state index in [1.807, 2.05) is 6.07 Å². The van der Waals surface area contributed by atoms with E-state index in [1.165, 1.54) is 23.4 Å². The number of hydrogen-bond acceptors (Lipinski definition) is 3. The summed E-state index contributed by atoms with van der Waals surface area (Å²) in [6.45, 7) is 3.97. The predicted molar refractivity (Wildman–Crippen MR) is 80.0 cm³/mol. The minimum atomic E-state index is -0.352. The standard InChI is InChI=1S/C16H17N3O2/c1-10-4-15(20)14(9-18-10)16(21)19-6-11-2-3-12-7-17-8-13(12)5-11/h2-5,9,17H,6-8H2,1H3,(H,18,20)(H,19,21). The van der Waals surface area contributed by atoms with Gasteiger partial charge >= 0.3 is 0 Å². The second-order valence-electron chi connectivity index (χ2n) is 5.28. The van der Waals surface area contributed by atoms with E-state index < -0.39 is 0 Å². The molecule has 108 valence electrons. The third-order valence-corrected chi connectivity index (χ3v) is 3.66. The van der Waals surface area contributed by atoms with Crippen molar-refractivity contribution in [2.75, 3.05) is 0 Å². The van der Waals surface area contributed by atoms with Crippen LogP contribution in [0.15, 0.2) is 35.3 Å². The lowest BCUT2D eigenvalue weighted by Crippen LogP contribution is -2.28. The highest BCUT2D eigenvalue weighted by Crippen LogP contribution is 2.16. The largest absolute Gasteiger partial charge is 0.364 e. The van der Waals surface area contributed by atoms with Gasteiger partial charge in [-0.1, -0.05) is 18.2 Å². The highest BCUT2D eigenvalue weighted by atomic mass is 16.2. The first-order chi connectivity index (χ1) is 10.1. The smallest absolute Gasteiger partial charge is 0.257 e. The van der Waals surface area contributed by atoms with E-state index in [9.17, 15) is 9.59 Å². The van der Waals surface area contributed by atoms with Gasteiger partial charge in [0.05, 0.1) is 0 Å². The van der Waals surface area contributed by atoms with Crippen LogP contribution in [0.1, 0.15) is 32.7 Å². The Balaban J connectivity index is 1.70. The van der Waals surface area contributed by atoms with E-state index in [0.29, 0.717) is 6.54 Å². The van der Waals surface area contributed by atoms with Crippen molar-refractivity contribution in [1.29, 1.82) is 0 Å². The van der Waals surface area contributed by atoms with Crippen LogP contribution in [-0.4, -0.2) is 10.9 Å². The Morgan fingerprint density at radius 1 is 1.24 bits per heavy atom. The number of carbonyl (C=O) groups is 1. The fourth-order valence-electron chi connectivity index (χ4n) is 2.49. The molecule has 0 bridgehead atoms. The summed E-state index contributed by atoms with van der Waals surface area (Å²) in [7, 11) is 0. The second kappa shape index (κ2) is 5.54. The number of aryl methyl sites for hydroxylation is 1. The SMILES string of the molecule is Cc1cc(=O)c(C(=O)NCc2ccc3c(c2)CNC3)c[nH]1. The van der Waals surface area contributed by atoms with Crippen LogP contribution in [0.4, 0.5) is 0 Å². The van der Waals surface area contributed by atoms with Gasteiger partial charge in [0.15, 0.2) is 5.43 Å². The molecule has 1 aromatic carbocycles. The number of fused-ring (bicyclic) bond motifs is 1. The monoisotopic (exact) mass is 283 g/mol. The lowest BCUT2D eigenvalue weighted by Gasteiger charge is -2.07. The summed E-state index contributed by atoms with van der Waals surface area (Å²) in [5, 5.41) is 6.07. The molecule has 1 amide bonds. The minimum Gasteiger partial charge on any atom is -0.364 e. The molecule has 1 aliphatic heterocycles. The van der Waals surface area contributed by atoms with Gasteiger partial charge < -0.3 is 15.6 Å². The third kappa shape index (κ3) is 2.87. The lowest BCUT2D eigenvalue weighted by atomic mass is 10.1. The highest BCUT2D eigenvalue weighted by Gasteiger charge is 2.12. The summed E-state index contributed by atoms with van der Waals surface area (Å²) in [6, 6.07) is 7.60. The second-order valence-corrected chi connectivity index (χ2v) is 5.28. The average Bonchev–Trinajstić information content (AvgIpc) is 2.92. The van der Waals surface area contributed by atoms with E-state index >= 15 is 0 Å². The molecule has 0 saturated carbocycles. The molecule has 0 unspecified atom stereocenters. The molecule has 2 aromatic rings. The Hall–Kier alpha value is -2.40. The number of amides is 1. The molecule has 5 heteroatoms. The van der Waals surface area contributed by atoms with E-state index in [4.69, 9.17) is 0 Å². The van der Waals surface area contributed by atoms with Gasteiger partial charge in [0.1, 0.15) is 5.56 Å². The highest BCUT2D eigenvalue weighted by molar-refractivity contribution is 5.93. The number of carbonyl (C=O) groups excluding carboxylic acids is 1. The van der Waals surface area contributed by atoms with Gasteiger partial charge in [-0.3, -0.25) is 9.59 Å². The quantitative estimate of drug-likeness (QED) is 0.793. The number of benzene rings is 1. The summed E-state index contributed by atoms with van der Waals surface area (Å²) >= 11 is 0. The number of aromatic nitrogens is 1. The summed E-state index contributed by atoms with van der Waals surface area (Å²) in [5.74, 6) is -0.352. The van der Waals surface area contributed by atoms with Crippen molar-refractivity contribution in [1.82, 2.24) is 15.6 Å². The summed E-state index contributed by atoms with van der Waals surface area (Å²) in [6.07, 6.45) is 1.46. The van der Waals surface area contributed by atoms with Crippen LogP contribution in [0.5, 0.6) is 0 Å². The molecule has 2 heterocycles. The number of H-pyrrole nitrogens is 1. The maximum absolute atomic E-state index is 12.0. The normalized spacial score (nSPS) is 13.0. The van der Waals surface area contributed by atoms with Crippen LogP contribution >= 0.6 is 0 Å². The molecule has 0 fully saturated rings. The number of aromatic amines is 1. The van der Waals surface area contributed by atoms with Gasteiger partial charge in [-0.25, -0.2) is 0 Å². The van der Waals surface area contributed by atoms with Crippen molar-refractivity contribution in [3.63, 3.8) is 0 Å². The van der Waals surface area contributed by atoms with Crippen LogP contribution < -0.4 is 16.1 Å². The minimum absolute atomic E-state index is 0.142. The van der Waals surface area contributed by atoms with Crippen molar-refractivity contribution >= 4 is 5.91 Å². The maximum Gasteiger partial charge on any atom is 0.257 e. The van der Waals surface area contributed by atoms with Crippen LogP contribution in [0.2, 0.25) is 0 Å². The summed E-state index contributed by atoms with van der Waals surface area (Å²) in [4.78, 5) is 26.7. The molecule has 3 N–H and O–H groups in total. The zero-order valence-electron chi connectivity index (χ0n) is 11.8. The third-order valence-electron chi connectivity index (χ3n) is 3.66. The van der Waals surface area contributed by atoms with Gasteiger partial charge in [0, 0.05) is 37.6 Å². The van der Waals surface area contributed by atoms with E-state index in [1.54, 1.807) is 6.92 Å². The lowest BCUT2D eigenvalue weighted by molar-refractivity contribution is 0.0949. The maximum atomic E-state index is 12.0. The van der Waals surface area contributed by atoms with Crippen LogP contribution in [0.25, 0.3) is 0 Å². The van der Waals surface area contributed by atoms with Crippen molar-refractivity contribution in [3.8, 4) is 0 Å². The molecular formula is C16H17N3O2. The van der Waals surface area contributed by atoms with Crippen molar-refractivity contribution in [2.45, 2.75) is 26.6 Å². The van der Waals surface area contributed by atoms with Gasteiger partial charge in [-0.2, -0.15) is 0 Å². The summed E-state index contributed by atoms with van der Waals surface area (Å²) < 4.78 is 0. The average molecular weight is 283 g/mol.